The number of nitrogens with one attached hydrogen (secondary N) is 2. The summed E-state index contributed by atoms with van der Waals surface area (Å²) in [5.74, 6) is -0.241. The highest BCUT2D eigenvalue weighted by Crippen LogP contribution is 2.35. The fraction of sp³-hybridized carbons (Fsp3) is 0.323. The van der Waals surface area contributed by atoms with Crippen LogP contribution in [0.15, 0.2) is 65.8 Å². The summed E-state index contributed by atoms with van der Waals surface area (Å²) in [5.41, 5.74) is 3.80. The number of hydrazone groups is 1. The van der Waals surface area contributed by atoms with Gasteiger partial charge in [-0.1, -0.05) is 29.8 Å². The summed E-state index contributed by atoms with van der Waals surface area (Å²) < 4.78 is 39.7. The molecular formula is C31H32ClF3N4O4S. The lowest BCUT2D eigenvalue weighted by molar-refractivity contribution is -0.137. The van der Waals surface area contributed by atoms with Gasteiger partial charge in [-0.05, 0) is 72.9 Å². The molecule has 234 valence electrons. The van der Waals surface area contributed by atoms with Crippen molar-refractivity contribution in [1.82, 2.24) is 5.43 Å². The minimum Gasteiger partial charge on any atom is -0.394 e. The molecule has 1 unspecified atom stereocenters. The zero-order valence-electron chi connectivity index (χ0n) is 23.6. The molecular weight excluding hydrogens is 617 g/mol. The van der Waals surface area contributed by atoms with Crippen molar-refractivity contribution in [3.05, 3.63) is 93.5 Å². The lowest BCUT2D eigenvalue weighted by atomic mass is 10.1. The van der Waals surface area contributed by atoms with Crippen LogP contribution in [0.5, 0.6) is 0 Å². The predicted octanol–water partition coefficient (Wildman–Crippen LogP) is 5.95. The van der Waals surface area contributed by atoms with Gasteiger partial charge >= 0.3 is 6.18 Å². The van der Waals surface area contributed by atoms with E-state index in [0.29, 0.717) is 17.1 Å². The third-order valence-corrected chi connectivity index (χ3v) is 8.36. The standard InChI is InChI=1S/C31H32ClF3N4O4S/c32-27-9-7-20(14-26(27)31(33,34)35)16-36-38-30(43)25-15-23(39-11-2-1-3-12-39)8-10-28(25)37-29(42)22-6-4-5-21(13-22)18-44-19-24(41)17-40/h4-10,13-16,24,40-41H,1-3,11-12,17-19H2,(H,37,42)(H,38,43). The Kier molecular flexibility index (Phi) is 11.7. The van der Waals surface area contributed by atoms with E-state index in [1.165, 1.54) is 17.8 Å². The Bertz CT molecular complexity index is 1500. The number of aliphatic hydroxyl groups is 2. The Morgan fingerprint density at radius 3 is 2.55 bits per heavy atom. The van der Waals surface area contributed by atoms with Gasteiger partial charge in [0.05, 0.1) is 40.8 Å². The highest BCUT2D eigenvalue weighted by atomic mass is 35.5. The number of rotatable bonds is 11. The molecule has 1 fully saturated rings. The molecule has 8 nitrogen and oxygen atoms in total. The number of hydrogen-bond acceptors (Lipinski definition) is 7. The number of amides is 2. The number of alkyl halides is 3. The first-order chi connectivity index (χ1) is 21.0. The van der Waals surface area contributed by atoms with Gasteiger partial charge in [0.15, 0.2) is 0 Å². The first-order valence-electron chi connectivity index (χ1n) is 13.9. The van der Waals surface area contributed by atoms with Crippen LogP contribution in [-0.2, 0) is 11.9 Å². The van der Waals surface area contributed by atoms with Crippen LogP contribution in [0.3, 0.4) is 0 Å². The molecule has 1 heterocycles. The van der Waals surface area contributed by atoms with Crippen molar-refractivity contribution in [2.45, 2.75) is 37.3 Å². The summed E-state index contributed by atoms with van der Waals surface area (Å²) >= 11 is 7.10. The predicted molar refractivity (Wildman–Crippen MR) is 168 cm³/mol. The number of piperidine rings is 1. The molecule has 0 saturated carbocycles. The summed E-state index contributed by atoms with van der Waals surface area (Å²) in [7, 11) is 0. The minimum atomic E-state index is -4.65. The first kappa shape index (κ1) is 33.3. The molecule has 1 atom stereocenters. The molecule has 2 amide bonds. The average Bonchev–Trinajstić information content (AvgIpc) is 3.02. The van der Waals surface area contributed by atoms with Gasteiger partial charge in [0, 0.05) is 35.8 Å². The molecule has 13 heteroatoms. The SMILES string of the molecule is O=C(Nc1ccc(N2CCCCC2)cc1C(=O)NN=Cc1ccc(Cl)c(C(F)(F)F)c1)c1cccc(CSCC(O)CO)c1. The summed E-state index contributed by atoms with van der Waals surface area (Å²) in [6.07, 6.45) is -1.24. The normalized spacial score (nSPS) is 14.5. The number of aliphatic hydroxyl groups excluding tert-OH is 2. The van der Waals surface area contributed by atoms with Gasteiger partial charge in [-0.3, -0.25) is 9.59 Å². The molecule has 4 rings (SSSR count). The number of nitrogens with zero attached hydrogens (tertiary/aromatic N) is 2. The number of carbonyl (C=O) groups excluding carboxylic acids is 2. The summed E-state index contributed by atoms with van der Waals surface area (Å²) in [6, 6.07) is 15.3. The monoisotopic (exact) mass is 648 g/mol. The second kappa shape index (κ2) is 15.4. The maximum absolute atomic E-state index is 13.3. The highest BCUT2D eigenvalue weighted by molar-refractivity contribution is 7.98. The molecule has 3 aromatic carbocycles. The van der Waals surface area contributed by atoms with Gasteiger partial charge in [0.1, 0.15) is 0 Å². The van der Waals surface area contributed by atoms with E-state index in [2.05, 4.69) is 20.7 Å². The molecule has 0 aliphatic carbocycles. The van der Waals surface area contributed by atoms with Crippen LogP contribution >= 0.6 is 23.4 Å². The number of carbonyl (C=O) groups is 2. The van der Waals surface area contributed by atoms with E-state index in [4.69, 9.17) is 16.7 Å². The molecule has 3 aromatic rings. The van der Waals surface area contributed by atoms with Crippen LogP contribution in [0.25, 0.3) is 0 Å². The highest BCUT2D eigenvalue weighted by Gasteiger charge is 2.33. The number of hydrogen-bond donors (Lipinski definition) is 4. The van der Waals surface area contributed by atoms with Crippen LogP contribution < -0.4 is 15.6 Å². The largest absolute Gasteiger partial charge is 0.417 e. The van der Waals surface area contributed by atoms with Gasteiger partial charge in [0.2, 0.25) is 0 Å². The van der Waals surface area contributed by atoms with Crippen LogP contribution in [0.4, 0.5) is 24.5 Å². The Hall–Kier alpha value is -3.58. The molecule has 1 aliphatic heterocycles. The molecule has 0 spiro atoms. The average molecular weight is 649 g/mol. The number of benzene rings is 3. The molecule has 0 aromatic heterocycles. The molecule has 1 aliphatic rings. The molecule has 4 N–H and O–H groups in total. The zero-order valence-corrected chi connectivity index (χ0v) is 25.2. The quantitative estimate of drug-likeness (QED) is 0.151. The topological polar surface area (TPSA) is 114 Å². The molecule has 1 saturated heterocycles. The number of anilines is 2. The van der Waals surface area contributed by atoms with Crippen molar-refractivity contribution >= 4 is 52.8 Å². The van der Waals surface area contributed by atoms with E-state index in [-0.39, 0.29) is 23.4 Å². The van der Waals surface area contributed by atoms with Crippen molar-refractivity contribution < 1.29 is 33.0 Å². The van der Waals surface area contributed by atoms with Gasteiger partial charge in [-0.25, -0.2) is 5.43 Å². The smallest absolute Gasteiger partial charge is 0.394 e. The Morgan fingerprint density at radius 2 is 1.82 bits per heavy atom. The van der Waals surface area contributed by atoms with Crippen LogP contribution in [0, 0.1) is 0 Å². The minimum absolute atomic E-state index is 0.0848. The maximum Gasteiger partial charge on any atom is 0.417 e. The number of thioether (sulfide) groups is 1. The number of halogens is 4. The maximum atomic E-state index is 13.3. The lowest BCUT2D eigenvalue weighted by Gasteiger charge is -2.29. The Balaban J connectivity index is 1.53. The third kappa shape index (κ3) is 9.21. The Morgan fingerprint density at radius 1 is 1.05 bits per heavy atom. The third-order valence-electron chi connectivity index (χ3n) is 6.87. The van der Waals surface area contributed by atoms with E-state index in [9.17, 15) is 27.9 Å². The fourth-order valence-electron chi connectivity index (χ4n) is 4.61. The van der Waals surface area contributed by atoms with Gasteiger partial charge in [-0.15, -0.1) is 0 Å². The van der Waals surface area contributed by atoms with E-state index >= 15 is 0 Å². The van der Waals surface area contributed by atoms with E-state index in [0.717, 1.165) is 62.0 Å². The van der Waals surface area contributed by atoms with E-state index in [1.807, 2.05) is 12.1 Å². The fourth-order valence-corrected chi connectivity index (χ4v) is 5.74. The second-order valence-electron chi connectivity index (χ2n) is 10.2. The summed E-state index contributed by atoms with van der Waals surface area (Å²) in [4.78, 5) is 28.7. The first-order valence-corrected chi connectivity index (χ1v) is 15.4. The Labute approximate surface area is 262 Å². The van der Waals surface area contributed by atoms with Gasteiger partial charge in [-0.2, -0.15) is 30.0 Å². The second-order valence-corrected chi connectivity index (χ2v) is 11.7. The summed E-state index contributed by atoms with van der Waals surface area (Å²) in [6.45, 7) is 1.32. The van der Waals surface area contributed by atoms with Crippen LogP contribution in [0.1, 0.15) is 56.7 Å². The van der Waals surface area contributed by atoms with Gasteiger partial charge < -0.3 is 20.4 Å². The van der Waals surface area contributed by atoms with Crippen LogP contribution in [0.2, 0.25) is 5.02 Å². The lowest BCUT2D eigenvalue weighted by Crippen LogP contribution is -2.30. The zero-order chi connectivity index (χ0) is 31.7. The molecule has 0 bridgehead atoms. The molecule has 44 heavy (non-hydrogen) atoms. The van der Waals surface area contributed by atoms with Crippen molar-refractivity contribution in [3.63, 3.8) is 0 Å². The van der Waals surface area contributed by atoms with Gasteiger partial charge in [0.25, 0.3) is 11.8 Å². The molecule has 0 radical (unpaired) electrons. The van der Waals surface area contributed by atoms with E-state index < -0.39 is 34.7 Å². The van der Waals surface area contributed by atoms with Crippen molar-refractivity contribution in [3.8, 4) is 0 Å². The van der Waals surface area contributed by atoms with Crippen molar-refractivity contribution in [1.29, 1.82) is 0 Å². The van der Waals surface area contributed by atoms with E-state index in [1.54, 1.807) is 30.3 Å². The summed E-state index contributed by atoms with van der Waals surface area (Å²) in [5, 5.41) is 24.7. The van der Waals surface area contributed by atoms with Crippen LogP contribution in [-0.4, -0.2) is 59.8 Å². The van der Waals surface area contributed by atoms with Crippen molar-refractivity contribution in [2.24, 2.45) is 5.10 Å². The van der Waals surface area contributed by atoms with Crippen molar-refractivity contribution in [2.75, 3.05) is 35.7 Å².